The van der Waals surface area contributed by atoms with Crippen LogP contribution in [-0.4, -0.2) is 0 Å². The molecule has 0 fully saturated rings. The van der Waals surface area contributed by atoms with Crippen molar-refractivity contribution in [1.82, 2.24) is 0 Å². The van der Waals surface area contributed by atoms with Gasteiger partial charge in [-0.25, -0.2) is 0 Å². The Labute approximate surface area is 348 Å². The predicted molar refractivity (Wildman–Crippen MR) is 257 cm³/mol. The zero-order chi connectivity index (χ0) is 42.2. The molecule has 0 spiro atoms. The molecule has 5 aromatic rings. The lowest BCUT2D eigenvalue weighted by Crippen LogP contribution is -1.94. The monoisotopic (exact) mass is 757 g/mol. The van der Waals surface area contributed by atoms with Crippen LogP contribution in [-0.2, 0) is 0 Å². The Morgan fingerprint density at radius 3 is 1.14 bits per heavy atom. The second-order valence-corrected chi connectivity index (χ2v) is 17.6. The zero-order valence-electron chi connectivity index (χ0n) is 39.0. The SMILES string of the molecule is C.Cc1cc(C)cc(C(C)C)c1.Cc1ccc(C(C)C)c(C)c1.Cc1ccc(C(C)C)cc1C.Cc1ccc(C)c(C(C)C)c1.Cc1cccc(C)c1C(C)C. The summed E-state index contributed by atoms with van der Waals surface area (Å²) in [6.07, 6.45) is 0. The first kappa shape index (κ1) is 52.1. The van der Waals surface area contributed by atoms with Crippen LogP contribution in [0.15, 0.2) is 91.0 Å². The second-order valence-electron chi connectivity index (χ2n) is 17.6. The average molecular weight is 757 g/mol. The maximum Gasteiger partial charge on any atom is -0.0214 e. The van der Waals surface area contributed by atoms with Gasteiger partial charge in [-0.1, -0.05) is 190 Å². The lowest BCUT2D eigenvalue weighted by atomic mass is 9.94. The lowest BCUT2D eigenvalue weighted by Gasteiger charge is -2.12. The first-order chi connectivity index (χ1) is 25.5. The molecule has 0 N–H and O–H groups in total. The van der Waals surface area contributed by atoms with Crippen LogP contribution in [0.4, 0.5) is 0 Å². The topological polar surface area (TPSA) is 0 Å². The Balaban J connectivity index is 0.000000672. The van der Waals surface area contributed by atoms with Gasteiger partial charge in [0.15, 0.2) is 0 Å². The van der Waals surface area contributed by atoms with Crippen LogP contribution in [0.3, 0.4) is 0 Å². The van der Waals surface area contributed by atoms with Gasteiger partial charge < -0.3 is 0 Å². The molecule has 0 nitrogen and oxygen atoms in total. The molecular weight excluding hydrogens is 673 g/mol. The normalized spacial score (nSPS) is 10.4. The van der Waals surface area contributed by atoms with Gasteiger partial charge in [0.05, 0.1) is 0 Å². The summed E-state index contributed by atoms with van der Waals surface area (Å²) in [4.78, 5) is 0. The molecule has 0 aromatic heterocycles. The summed E-state index contributed by atoms with van der Waals surface area (Å²) < 4.78 is 0. The van der Waals surface area contributed by atoms with Gasteiger partial charge in [0.2, 0.25) is 0 Å². The van der Waals surface area contributed by atoms with E-state index in [0.29, 0.717) is 29.6 Å². The summed E-state index contributed by atoms with van der Waals surface area (Å²) in [6, 6.07) is 33.2. The third-order valence-corrected chi connectivity index (χ3v) is 10.3. The fraction of sp³-hybridized carbons (Fsp3) is 0.464. The Morgan fingerprint density at radius 2 is 0.750 bits per heavy atom. The number of aryl methyl sites for hydroxylation is 10. The number of rotatable bonds is 5. The minimum atomic E-state index is 0. The van der Waals surface area contributed by atoms with E-state index in [4.69, 9.17) is 0 Å². The van der Waals surface area contributed by atoms with E-state index in [2.05, 4.69) is 229 Å². The molecule has 308 valence electrons. The maximum absolute atomic E-state index is 2.28. The Kier molecular flexibility index (Phi) is 23.6. The van der Waals surface area contributed by atoms with E-state index in [0.717, 1.165) is 0 Å². The summed E-state index contributed by atoms with van der Waals surface area (Å²) in [7, 11) is 0. The van der Waals surface area contributed by atoms with E-state index >= 15 is 0 Å². The molecule has 0 aliphatic rings. The molecule has 5 aromatic carbocycles. The van der Waals surface area contributed by atoms with Gasteiger partial charge in [-0.05, 0) is 160 Å². The van der Waals surface area contributed by atoms with Gasteiger partial charge >= 0.3 is 0 Å². The van der Waals surface area contributed by atoms with E-state index in [1.807, 2.05) is 0 Å². The Hall–Kier alpha value is -3.90. The van der Waals surface area contributed by atoms with Crippen molar-refractivity contribution >= 4 is 0 Å². The zero-order valence-corrected chi connectivity index (χ0v) is 39.0. The van der Waals surface area contributed by atoms with Gasteiger partial charge in [0.1, 0.15) is 0 Å². The summed E-state index contributed by atoms with van der Waals surface area (Å²) in [5.41, 5.74) is 21.2. The highest BCUT2D eigenvalue weighted by Gasteiger charge is 2.06. The minimum Gasteiger partial charge on any atom is -0.0776 e. The van der Waals surface area contributed by atoms with Crippen LogP contribution < -0.4 is 0 Å². The molecule has 56 heavy (non-hydrogen) atoms. The summed E-state index contributed by atoms with van der Waals surface area (Å²) in [5, 5.41) is 0. The molecule has 0 heterocycles. The van der Waals surface area contributed by atoms with Crippen LogP contribution in [0.25, 0.3) is 0 Å². The summed E-state index contributed by atoms with van der Waals surface area (Å²) in [5.74, 6) is 3.24. The lowest BCUT2D eigenvalue weighted by molar-refractivity contribution is 0.846. The molecule has 5 rings (SSSR count). The highest BCUT2D eigenvalue weighted by atomic mass is 14.1. The van der Waals surface area contributed by atoms with Crippen LogP contribution >= 0.6 is 0 Å². The predicted octanol–water partition coefficient (Wildman–Crippen LogP) is 17.8. The molecule has 0 aliphatic carbocycles. The molecule has 0 aliphatic heterocycles. The highest BCUT2D eigenvalue weighted by Crippen LogP contribution is 2.23. The molecule has 0 heteroatoms. The molecule has 0 atom stereocenters. The third kappa shape index (κ3) is 18.4. The fourth-order valence-electron chi connectivity index (χ4n) is 7.06. The molecule has 0 radical (unpaired) electrons. The van der Waals surface area contributed by atoms with Gasteiger partial charge in [0, 0.05) is 0 Å². The first-order valence-corrected chi connectivity index (χ1v) is 20.9. The van der Waals surface area contributed by atoms with Crippen LogP contribution in [0.1, 0.15) is 190 Å². The Morgan fingerprint density at radius 1 is 0.286 bits per heavy atom. The smallest absolute Gasteiger partial charge is 0.0214 e. The van der Waals surface area contributed by atoms with Crippen LogP contribution in [0.5, 0.6) is 0 Å². The van der Waals surface area contributed by atoms with Crippen molar-refractivity contribution in [3.63, 3.8) is 0 Å². The average Bonchev–Trinajstić information content (AvgIpc) is 3.07. The van der Waals surface area contributed by atoms with Crippen LogP contribution in [0.2, 0.25) is 0 Å². The van der Waals surface area contributed by atoms with Crippen molar-refractivity contribution in [1.29, 1.82) is 0 Å². The van der Waals surface area contributed by atoms with Crippen molar-refractivity contribution in [2.24, 2.45) is 0 Å². The van der Waals surface area contributed by atoms with Crippen molar-refractivity contribution in [3.05, 3.63) is 174 Å². The van der Waals surface area contributed by atoms with Gasteiger partial charge in [-0.3, -0.25) is 0 Å². The minimum absolute atomic E-state index is 0. The summed E-state index contributed by atoms with van der Waals surface area (Å²) in [6.45, 7) is 44.0. The quantitative estimate of drug-likeness (QED) is 0.168. The molecule has 0 amide bonds. The Bertz CT molecular complexity index is 1830. The number of hydrogen-bond donors (Lipinski definition) is 0. The summed E-state index contributed by atoms with van der Waals surface area (Å²) >= 11 is 0. The largest absolute Gasteiger partial charge is 0.0776 e. The van der Waals surface area contributed by atoms with E-state index < -0.39 is 0 Å². The number of benzene rings is 5. The van der Waals surface area contributed by atoms with Gasteiger partial charge in [-0.15, -0.1) is 0 Å². The van der Waals surface area contributed by atoms with Crippen molar-refractivity contribution < 1.29 is 0 Å². The number of hydrogen-bond acceptors (Lipinski definition) is 0. The van der Waals surface area contributed by atoms with E-state index in [1.54, 1.807) is 0 Å². The van der Waals surface area contributed by atoms with E-state index in [-0.39, 0.29) is 7.43 Å². The fourth-order valence-corrected chi connectivity index (χ4v) is 7.06. The molecular formula is C56H84. The highest BCUT2D eigenvalue weighted by molar-refractivity contribution is 5.36. The second kappa shape index (κ2) is 25.4. The van der Waals surface area contributed by atoms with Crippen molar-refractivity contribution in [2.75, 3.05) is 0 Å². The van der Waals surface area contributed by atoms with Crippen molar-refractivity contribution in [3.8, 4) is 0 Å². The van der Waals surface area contributed by atoms with Gasteiger partial charge in [-0.2, -0.15) is 0 Å². The first-order valence-electron chi connectivity index (χ1n) is 20.9. The van der Waals surface area contributed by atoms with E-state index in [9.17, 15) is 0 Å². The standard InChI is InChI=1S/5C11H16.CH4/c1-8(2)11-6-9(3)5-10(4)7-11;1-8(2)11-6-5-9(3)10(4)7-11;1-8(2)11-6-5-9(3)7-10(11)4;1-8(2)11-7-9(3)5-6-10(11)4;1-8(2)11-9(3)6-5-7-10(11)4;/h5*5-8H,1-4H3;1H4. The molecule has 0 bridgehead atoms. The van der Waals surface area contributed by atoms with Gasteiger partial charge in [0.25, 0.3) is 0 Å². The third-order valence-electron chi connectivity index (χ3n) is 10.3. The molecule has 0 unspecified atom stereocenters. The van der Waals surface area contributed by atoms with Crippen molar-refractivity contribution in [2.45, 2.75) is 175 Å². The van der Waals surface area contributed by atoms with Crippen LogP contribution in [0, 0.1) is 69.2 Å². The van der Waals surface area contributed by atoms with E-state index in [1.165, 1.54) is 83.5 Å². The molecule has 0 saturated carbocycles. The molecule has 0 saturated heterocycles. The maximum atomic E-state index is 2.28.